The number of nitrogens with one attached hydrogen (secondary N) is 2. The number of nitro benzene ring substituents is 1. The Balaban J connectivity index is 1.92. The van der Waals surface area contributed by atoms with Crippen molar-refractivity contribution in [3.63, 3.8) is 0 Å². The zero-order valence-corrected chi connectivity index (χ0v) is 16.7. The molecule has 1 aromatic heterocycles. The van der Waals surface area contributed by atoms with Gasteiger partial charge in [-0.1, -0.05) is 39.9 Å². The molecule has 2 aromatic carbocycles. The topological polar surface area (TPSA) is 153 Å². The molecule has 0 unspecified atom stereocenters. The summed E-state index contributed by atoms with van der Waals surface area (Å²) in [5.74, 6) is -1.43. The molecule has 0 radical (unpaired) electrons. The molecule has 0 aliphatic heterocycles. The van der Waals surface area contributed by atoms with Gasteiger partial charge in [0.15, 0.2) is 10.7 Å². The first-order valence-electron chi connectivity index (χ1n) is 7.77. The predicted molar refractivity (Wildman–Crippen MR) is 108 cm³/mol. The van der Waals surface area contributed by atoms with Crippen LogP contribution in [0.4, 0.5) is 17.2 Å². The summed E-state index contributed by atoms with van der Waals surface area (Å²) in [5.41, 5.74) is -0.902. The first kappa shape index (κ1) is 21.3. The summed E-state index contributed by atoms with van der Waals surface area (Å²) in [5, 5.41) is 29.9. The van der Waals surface area contributed by atoms with Gasteiger partial charge < -0.3 is 20.2 Å². The second kappa shape index (κ2) is 8.53. The van der Waals surface area contributed by atoms with Gasteiger partial charge in [0.25, 0.3) is 11.6 Å². The van der Waals surface area contributed by atoms with Gasteiger partial charge in [0, 0.05) is 17.2 Å². The Morgan fingerprint density at radius 1 is 1.07 bits per heavy atom. The highest BCUT2D eigenvalue weighted by atomic mass is 35.5. The van der Waals surface area contributed by atoms with Crippen molar-refractivity contribution in [3.8, 4) is 11.5 Å². The molecule has 0 saturated heterocycles. The fraction of sp³-hybridized carbons (Fsp3) is 0. The van der Waals surface area contributed by atoms with E-state index in [1.165, 1.54) is 24.3 Å². The van der Waals surface area contributed by atoms with E-state index in [-0.39, 0.29) is 22.2 Å². The SMILES string of the molecule is O=C(Nc1cc(Oc2ccc(Cl)cc2Cl)cc([N+](=O)[O-])c1)c1n[nH]c([N+](=O)[O-])c1Cl. The minimum atomic E-state index is -0.930. The molecule has 1 amide bonds. The number of nitrogens with zero attached hydrogens (tertiary/aromatic N) is 3. The van der Waals surface area contributed by atoms with Gasteiger partial charge in [-0.25, -0.2) is 0 Å². The van der Waals surface area contributed by atoms with Crippen LogP contribution in [0.5, 0.6) is 11.5 Å². The van der Waals surface area contributed by atoms with Crippen LogP contribution in [0.15, 0.2) is 36.4 Å². The summed E-state index contributed by atoms with van der Waals surface area (Å²) in [6.45, 7) is 0. The molecular weight excluding hydrogens is 465 g/mol. The molecule has 2 N–H and O–H groups in total. The van der Waals surface area contributed by atoms with Gasteiger partial charge in [0.2, 0.25) is 0 Å². The van der Waals surface area contributed by atoms with Crippen molar-refractivity contribution in [1.29, 1.82) is 0 Å². The number of benzene rings is 2. The maximum atomic E-state index is 12.4. The lowest BCUT2D eigenvalue weighted by atomic mass is 10.2. The molecule has 0 aliphatic carbocycles. The van der Waals surface area contributed by atoms with Crippen LogP contribution in [0.2, 0.25) is 15.1 Å². The first-order chi connectivity index (χ1) is 14.2. The molecule has 1 heterocycles. The monoisotopic (exact) mass is 471 g/mol. The molecule has 0 aliphatic rings. The van der Waals surface area contributed by atoms with Crippen molar-refractivity contribution < 1.29 is 19.4 Å². The quantitative estimate of drug-likeness (QED) is 0.368. The number of carbonyl (C=O) groups excluding carboxylic acids is 1. The smallest absolute Gasteiger partial charge is 0.362 e. The number of carbonyl (C=O) groups is 1. The zero-order valence-electron chi connectivity index (χ0n) is 14.4. The molecule has 0 atom stereocenters. The molecule has 0 spiro atoms. The second-order valence-corrected chi connectivity index (χ2v) is 6.82. The van der Waals surface area contributed by atoms with Crippen LogP contribution in [-0.4, -0.2) is 26.0 Å². The minimum absolute atomic E-state index is 0.0113. The van der Waals surface area contributed by atoms with Gasteiger partial charge in [0.05, 0.1) is 21.7 Å². The van der Waals surface area contributed by atoms with Crippen LogP contribution < -0.4 is 10.1 Å². The Hall–Kier alpha value is -3.41. The number of aromatic amines is 1. The molecule has 154 valence electrons. The van der Waals surface area contributed by atoms with Crippen molar-refractivity contribution in [1.82, 2.24) is 10.2 Å². The summed E-state index contributed by atoms with van der Waals surface area (Å²) in [7, 11) is 0. The summed E-state index contributed by atoms with van der Waals surface area (Å²) < 4.78 is 5.56. The van der Waals surface area contributed by atoms with Gasteiger partial charge in [-0.2, -0.15) is 0 Å². The highest BCUT2D eigenvalue weighted by molar-refractivity contribution is 6.36. The van der Waals surface area contributed by atoms with Gasteiger partial charge in [-0.3, -0.25) is 14.9 Å². The van der Waals surface area contributed by atoms with E-state index in [2.05, 4.69) is 10.4 Å². The summed E-state index contributed by atoms with van der Waals surface area (Å²) in [6, 6.07) is 7.85. The third kappa shape index (κ3) is 4.59. The van der Waals surface area contributed by atoms with E-state index in [1.807, 2.05) is 5.10 Å². The van der Waals surface area contributed by atoms with Crippen molar-refractivity contribution in [2.75, 3.05) is 5.32 Å². The number of hydrogen-bond acceptors (Lipinski definition) is 7. The number of rotatable bonds is 6. The fourth-order valence-corrected chi connectivity index (χ4v) is 2.97. The Labute approximate surface area is 181 Å². The molecule has 0 bridgehead atoms. The number of anilines is 1. The molecule has 11 nitrogen and oxygen atoms in total. The zero-order chi connectivity index (χ0) is 22.0. The van der Waals surface area contributed by atoms with Crippen LogP contribution >= 0.6 is 34.8 Å². The number of amides is 1. The van der Waals surface area contributed by atoms with Crippen molar-refractivity contribution in [2.45, 2.75) is 0 Å². The van der Waals surface area contributed by atoms with E-state index in [4.69, 9.17) is 39.5 Å². The predicted octanol–water partition coefficient (Wildman–Crippen LogP) is 5.23. The molecule has 3 aromatic rings. The van der Waals surface area contributed by atoms with Crippen LogP contribution in [0.25, 0.3) is 0 Å². The summed E-state index contributed by atoms with van der Waals surface area (Å²) in [6.07, 6.45) is 0. The molecular formula is C16H8Cl3N5O6. The van der Waals surface area contributed by atoms with Crippen LogP contribution in [0.1, 0.15) is 10.5 Å². The van der Waals surface area contributed by atoms with Gasteiger partial charge in [-0.05, 0) is 23.1 Å². The molecule has 30 heavy (non-hydrogen) atoms. The Kier molecular flexibility index (Phi) is 6.06. The number of ether oxygens (including phenoxy) is 1. The number of nitro groups is 2. The lowest BCUT2D eigenvalue weighted by Gasteiger charge is -2.10. The number of halogens is 3. The largest absolute Gasteiger partial charge is 0.455 e. The highest BCUT2D eigenvalue weighted by Crippen LogP contribution is 2.35. The first-order valence-corrected chi connectivity index (χ1v) is 8.91. The Morgan fingerprint density at radius 3 is 2.40 bits per heavy atom. The number of H-pyrrole nitrogens is 1. The average Bonchev–Trinajstić information content (AvgIpc) is 3.05. The van der Waals surface area contributed by atoms with E-state index in [0.717, 1.165) is 12.1 Å². The van der Waals surface area contributed by atoms with E-state index < -0.39 is 38.0 Å². The maximum absolute atomic E-state index is 12.4. The van der Waals surface area contributed by atoms with E-state index in [1.54, 1.807) is 0 Å². The third-order valence-electron chi connectivity index (χ3n) is 3.57. The number of non-ortho nitro benzene ring substituents is 1. The van der Waals surface area contributed by atoms with Gasteiger partial charge in [-0.15, -0.1) is 5.10 Å². The molecule has 0 saturated carbocycles. The summed E-state index contributed by atoms with van der Waals surface area (Å²) in [4.78, 5) is 32.9. The average molecular weight is 473 g/mol. The second-order valence-electron chi connectivity index (χ2n) is 5.60. The van der Waals surface area contributed by atoms with E-state index >= 15 is 0 Å². The Morgan fingerprint density at radius 2 is 1.80 bits per heavy atom. The minimum Gasteiger partial charge on any atom is -0.455 e. The highest BCUT2D eigenvalue weighted by Gasteiger charge is 2.26. The molecule has 0 fully saturated rings. The standard InChI is InChI=1S/C16H8Cl3N5O6/c17-7-1-2-12(11(18)3-7)30-10-5-8(4-9(6-10)23(26)27)20-16(25)14-13(19)15(22-21-14)24(28)29/h1-6H,(H,20,25)(H,21,22). The lowest BCUT2D eigenvalue weighted by Crippen LogP contribution is -2.13. The van der Waals surface area contributed by atoms with Crippen LogP contribution in [0, 0.1) is 20.2 Å². The van der Waals surface area contributed by atoms with Crippen molar-refractivity contribution in [2.24, 2.45) is 0 Å². The van der Waals surface area contributed by atoms with E-state index in [9.17, 15) is 25.0 Å². The fourth-order valence-electron chi connectivity index (χ4n) is 2.29. The van der Waals surface area contributed by atoms with Gasteiger partial charge in [0.1, 0.15) is 11.5 Å². The van der Waals surface area contributed by atoms with Crippen molar-refractivity contribution in [3.05, 3.63) is 77.4 Å². The summed E-state index contributed by atoms with van der Waals surface area (Å²) >= 11 is 17.6. The number of hydrogen-bond donors (Lipinski definition) is 2. The third-order valence-corrected chi connectivity index (χ3v) is 4.46. The normalized spacial score (nSPS) is 10.5. The molecule has 3 rings (SSSR count). The molecule has 14 heteroatoms. The number of aromatic nitrogens is 2. The van der Waals surface area contributed by atoms with E-state index in [0.29, 0.717) is 5.02 Å². The van der Waals surface area contributed by atoms with Crippen molar-refractivity contribution >= 4 is 57.9 Å². The van der Waals surface area contributed by atoms with Crippen LogP contribution in [-0.2, 0) is 0 Å². The lowest BCUT2D eigenvalue weighted by molar-refractivity contribution is -0.389. The Bertz CT molecular complexity index is 1180. The van der Waals surface area contributed by atoms with Gasteiger partial charge >= 0.3 is 5.82 Å². The van der Waals surface area contributed by atoms with Crippen LogP contribution in [0.3, 0.4) is 0 Å². The maximum Gasteiger partial charge on any atom is 0.362 e.